The highest BCUT2D eigenvalue weighted by Gasteiger charge is 2.21. The number of nitrogens with one attached hydrogen (secondary N) is 1. The zero-order valence-electron chi connectivity index (χ0n) is 8.23. The number of piperidine rings is 1. The minimum absolute atomic E-state index is 0. The topological polar surface area (TPSA) is 38.1 Å². The van der Waals surface area contributed by atoms with Crippen molar-refractivity contribution in [3.05, 3.63) is 17.1 Å². The molecule has 0 bridgehead atoms. The number of fused-ring (bicyclic) bond motifs is 1. The van der Waals surface area contributed by atoms with Crippen molar-refractivity contribution < 1.29 is 4.52 Å². The summed E-state index contributed by atoms with van der Waals surface area (Å²) in [6.45, 7) is 2.20. The van der Waals surface area contributed by atoms with Crippen LogP contribution in [-0.4, -0.2) is 18.2 Å². The first-order chi connectivity index (χ1) is 6.95. The van der Waals surface area contributed by atoms with E-state index in [-0.39, 0.29) is 12.4 Å². The van der Waals surface area contributed by atoms with E-state index in [0.717, 1.165) is 18.7 Å². The number of hydrogen-bond acceptors (Lipinski definition) is 4. The Morgan fingerprint density at radius 1 is 1.40 bits per heavy atom. The van der Waals surface area contributed by atoms with Gasteiger partial charge in [-0.25, -0.2) is 0 Å². The summed E-state index contributed by atoms with van der Waals surface area (Å²) < 4.78 is 6.53. The monoisotopic (exact) mass is 244 g/mol. The molecule has 15 heavy (non-hydrogen) atoms. The third-order valence-corrected chi connectivity index (χ3v) is 3.75. The fraction of sp³-hybridized carbons (Fsp3) is 0.500. The van der Waals surface area contributed by atoms with Crippen molar-refractivity contribution >= 4 is 34.0 Å². The first kappa shape index (κ1) is 10.9. The quantitative estimate of drug-likeness (QED) is 0.838. The van der Waals surface area contributed by atoms with Crippen molar-refractivity contribution in [1.82, 2.24) is 10.5 Å². The second kappa shape index (κ2) is 4.51. The van der Waals surface area contributed by atoms with Gasteiger partial charge in [0.25, 0.3) is 0 Å². The van der Waals surface area contributed by atoms with Crippen molar-refractivity contribution in [3.8, 4) is 0 Å². The Balaban J connectivity index is 0.000000853. The summed E-state index contributed by atoms with van der Waals surface area (Å²) >= 11 is 1.74. The molecule has 0 aliphatic carbocycles. The molecule has 3 nitrogen and oxygen atoms in total. The standard InChI is InChI=1S/C10H12N2OS.ClH/c1-4-11-5-2-7(1)9-10-8(13-12-9)3-6-14-10;/h3,6-7,11H,1-2,4-5H2;1H. The molecule has 0 spiro atoms. The van der Waals surface area contributed by atoms with E-state index in [4.69, 9.17) is 4.52 Å². The molecule has 0 atom stereocenters. The minimum atomic E-state index is 0. The van der Waals surface area contributed by atoms with Crippen LogP contribution in [-0.2, 0) is 0 Å². The summed E-state index contributed by atoms with van der Waals surface area (Å²) in [6, 6.07) is 2.00. The predicted octanol–water partition coefficient (Wildman–Crippen LogP) is 2.78. The highest BCUT2D eigenvalue weighted by molar-refractivity contribution is 7.17. The van der Waals surface area contributed by atoms with Gasteiger partial charge in [-0.2, -0.15) is 0 Å². The first-order valence-corrected chi connectivity index (χ1v) is 5.86. The van der Waals surface area contributed by atoms with Gasteiger partial charge in [-0.3, -0.25) is 0 Å². The lowest BCUT2D eigenvalue weighted by Gasteiger charge is -2.20. The predicted molar refractivity (Wildman–Crippen MR) is 64.0 cm³/mol. The molecule has 3 rings (SSSR count). The van der Waals surface area contributed by atoms with Gasteiger partial charge in [0.1, 0.15) is 5.69 Å². The molecule has 1 aliphatic rings. The lowest BCUT2D eigenvalue weighted by Crippen LogP contribution is -2.26. The van der Waals surface area contributed by atoms with Gasteiger partial charge in [0.2, 0.25) is 0 Å². The molecule has 1 fully saturated rings. The van der Waals surface area contributed by atoms with Crippen LogP contribution < -0.4 is 5.32 Å². The molecule has 0 amide bonds. The summed E-state index contributed by atoms with van der Waals surface area (Å²) in [4.78, 5) is 0. The molecule has 0 radical (unpaired) electrons. The fourth-order valence-electron chi connectivity index (χ4n) is 2.05. The second-order valence-electron chi connectivity index (χ2n) is 3.71. The molecule has 5 heteroatoms. The molecule has 2 aromatic heterocycles. The van der Waals surface area contributed by atoms with E-state index in [0.29, 0.717) is 5.92 Å². The van der Waals surface area contributed by atoms with Crippen LogP contribution in [0.1, 0.15) is 24.5 Å². The Kier molecular flexibility index (Phi) is 3.29. The average molecular weight is 245 g/mol. The van der Waals surface area contributed by atoms with Crippen LogP contribution in [0.3, 0.4) is 0 Å². The Labute approximate surface area is 98.2 Å². The van der Waals surface area contributed by atoms with E-state index < -0.39 is 0 Å². The summed E-state index contributed by atoms with van der Waals surface area (Å²) in [7, 11) is 0. The van der Waals surface area contributed by atoms with E-state index in [9.17, 15) is 0 Å². The Hall–Kier alpha value is -0.580. The van der Waals surface area contributed by atoms with E-state index in [2.05, 4.69) is 15.9 Å². The minimum Gasteiger partial charge on any atom is -0.355 e. The largest absolute Gasteiger partial charge is 0.355 e. The van der Waals surface area contributed by atoms with Gasteiger partial charge in [-0.1, -0.05) is 5.16 Å². The van der Waals surface area contributed by atoms with E-state index in [1.54, 1.807) is 11.3 Å². The highest BCUT2D eigenvalue weighted by atomic mass is 35.5. The maximum absolute atomic E-state index is 5.28. The van der Waals surface area contributed by atoms with Gasteiger partial charge in [-0.15, -0.1) is 23.7 Å². The molecule has 1 saturated heterocycles. The van der Waals surface area contributed by atoms with Gasteiger partial charge in [0, 0.05) is 5.92 Å². The normalized spacial score (nSPS) is 17.9. The van der Waals surface area contributed by atoms with Gasteiger partial charge in [0.05, 0.1) is 4.70 Å². The van der Waals surface area contributed by atoms with Gasteiger partial charge < -0.3 is 9.84 Å². The molecular weight excluding hydrogens is 232 g/mol. The number of hydrogen-bond donors (Lipinski definition) is 1. The molecule has 0 aromatic carbocycles. The maximum atomic E-state index is 5.28. The van der Waals surface area contributed by atoms with Crippen LogP contribution in [0.4, 0.5) is 0 Å². The maximum Gasteiger partial charge on any atom is 0.177 e. The molecule has 3 heterocycles. The van der Waals surface area contributed by atoms with Crippen LogP contribution in [0, 0.1) is 0 Å². The zero-order chi connectivity index (χ0) is 9.38. The van der Waals surface area contributed by atoms with Crippen molar-refractivity contribution in [2.24, 2.45) is 0 Å². The van der Waals surface area contributed by atoms with Crippen LogP contribution in [0.15, 0.2) is 16.0 Å². The number of halogens is 1. The molecule has 2 aromatic rings. The van der Waals surface area contributed by atoms with E-state index >= 15 is 0 Å². The van der Waals surface area contributed by atoms with Crippen LogP contribution in [0.2, 0.25) is 0 Å². The number of thiophene rings is 1. The number of nitrogens with zero attached hydrogens (tertiary/aromatic N) is 1. The van der Waals surface area contributed by atoms with E-state index in [1.807, 2.05) is 6.07 Å². The van der Waals surface area contributed by atoms with Crippen molar-refractivity contribution in [1.29, 1.82) is 0 Å². The second-order valence-corrected chi connectivity index (χ2v) is 4.62. The van der Waals surface area contributed by atoms with Gasteiger partial charge in [-0.05, 0) is 37.4 Å². The summed E-state index contributed by atoms with van der Waals surface area (Å²) in [5, 5.41) is 9.62. The summed E-state index contributed by atoms with van der Waals surface area (Å²) in [5.41, 5.74) is 2.13. The molecular formula is C10H13ClN2OS. The molecule has 1 N–H and O–H groups in total. The third kappa shape index (κ3) is 1.89. The van der Waals surface area contributed by atoms with Crippen molar-refractivity contribution in [3.63, 3.8) is 0 Å². The Morgan fingerprint density at radius 3 is 3.00 bits per heavy atom. The summed E-state index contributed by atoms with van der Waals surface area (Å²) in [6.07, 6.45) is 2.36. The van der Waals surface area contributed by atoms with E-state index in [1.165, 1.54) is 23.2 Å². The van der Waals surface area contributed by atoms with Gasteiger partial charge in [0.15, 0.2) is 5.58 Å². The highest BCUT2D eigenvalue weighted by Crippen LogP contribution is 2.33. The van der Waals surface area contributed by atoms with Crippen LogP contribution in [0.25, 0.3) is 10.3 Å². The summed E-state index contributed by atoms with van der Waals surface area (Å²) in [5.74, 6) is 0.594. The third-order valence-electron chi connectivity index (χ3n) is 2.83. The average Bonchev–Trinajstić information content (AvgIpc) is 2.79. The fourth-order valence-corrected chi connectivity index (χ4v) is 2.93. The Bertz CT molecular complexity index is 433. The smallest absolute Gasteiger partial charge is 0.177 e. The SMILES string of the molecule is Cl.c1cc2onc(C3CCNCC3)c2s1. The molecule has 82 valence electrons. The van der Waals surface area contributed by atoms with Gasteiger partial charge >= 0.3 is 0 Å². The zero-order valence-corrected chi connectivity index (χ0v) is 9.87. The van der Waals surface area contributed by atoms with Crippen LogP contribution >= 0.6 is 23.7 Å². The molecule has 1 aliphatic heterocycles. The number of rotatable bonds is 1. The lowest BCUT2D eigenvalue weighted by atomic mass is 9.95. The lowest BCUT2D eigenvalue weighted by molar-refractivity contribution is 0.404. The molecule has 0 saturated carbocycles. The number of aromatic nitrogens is 1. The van der Waals surface area contributed by atoms with Crippen molar-refractivity contribution in [2.45, 2.75) is 18.8 Å². The molecule has 0 unspecified atom stereocenters. The van der Waals surface area contributed by atoms with Crippen molar-refractivity contribution in [2.75, 3.05) is 13.1 Å². The Morgan fingerprint density at radius 2 is 2.20 bits per heavy atom. The first-order valence-electron chi connectivity index (χ1n) is 4.98. The van der Waals surface area contributed by atoms with Crippen LogP contribution in [0.5, 0.6) is 0 Å².